The van der Waals surface area contributed by atoms with Crippen LogP contribution in [0.5, 0.6) is 5.75 Å². The molecule has 0 saturated carbocycles. The third kappa shape index (κ3) is 2.26. The second kappa shape index (κ2) is 5.94. The van der Waals surface area contributed by atoms with Crippen LogP contribution in [0.3, 0.4) is 0 Å². The molecule has 3 aromatic carbocycles. The van der Waals surface area contributed by atoms with E-state index >= 15 is 0 Å². The lowest BCUT2D eigenvalue weighted by Crippen LogP contribution is -2.55. The first-order valence-electron chi connectivity index (χ1n) is 9.48. The molecule has 0 unspecified atom stereocenters. The van der Waals surface area contributed by atoms with Gasteiger partial charge in [0.1, 0.15) is 5.75 Å². The van der Waals surface area contributed by atoms with Crippen molar-refractivity contribution in [1.82, 2.24) is 5.01 Å². The second-order valence-electron chi connectivity index (χ2n) is 7.40. The molecule has 3 aromatic rings. The van der Waals surface area contributed by atoms with Gasteiger partial charge in [-0.15, -0.1) is 0 Å². The van der Waals surface area contributed by atoms with Crippen LogP contribution in [0.1, 0.15) is 29.2 Å². The monoisotopic (exact) mass is 445 g/mol. The van der Waals surface area contributed by atoms with E-state index in [0.29, 0.717) is 6.42 Å². The Bertz CT molecular complexity index is 1190. The number of hydrogen-bond donors (Lipinski definition) is 1. The Balaban J connectivity index is 1.56. The first-order valence-corrected chi connectivity index (χ1v) is 10.3. The summed E-state index contributed by atoms with van der Waals surface area (Å²) in [4.78, 5) is 13.3. The summed E-state index contributed by atoms with van der Waals surface area (Å²) in [6.45, 7) is 0. The normalized spacial score (nSPS) is 23.8. The van der Waals surface area contributed by atoms with E-state index in [4.69, 9.17) is 9.84 Å². The van der Waals surface area contributed by atoms with E-state index in [1.54, 1.807) is 0 Å². The molecule has 0 radical (unpaired) electrons. The van der Waals surface area contributed by atoms with E-state index in [9.17, 15) is 4.79 Å². The molecule has 2 atom stereocenters. The summed E-state index contributed by atoms with van der Waals surface area (Å²) in [5.74, 6) is 0.520. The van der Waals surface area contributed by atoms with Crippen LogP contribution in [-0.2, 0) is 10.5 Å². The first kappa shape index (κ1) is 16.8. The molecule has 1 N–H and O–H groups in total. The third-order valence-corrected chi connectivity index (χ3v) is 6.32. The fraction of sp³-hybridized carbons (Fsp3) is 0.130. The molecule has 142 valence electrons. The number of anilines is 1. The lowest BCUT2D eigenvalue weighted by atomic mass is 9.92. The average Bonchev–Trinajstić information content (AvgIpc) is 3.30. The molecule has 0 aliphatic carbocycles. The highest BCUT2D eigenvalue weighted by atomic mass is 79.9. The van der Waals surface area contributed by atoms with Crippen molar-refractivity contribution in [3.05, 3.63) is 94.0 Å². The average molecular weight is 446 g/mol. The number of fused-ring (bicyclic) bond motifs is 6. The molecule has 0 aromatic heterocycles. The maximum atomic E-state index is 13.3. The lowest BCUT2D eigenvalue weighted by Gasteiger charge is -2.43. The van der Waals surface area contributed by atoms with Gasteiger partial charge in [0, 0.05) is 16.5 Å². The van der Waals surface area contributed by atoms with Crippen molar-refractivity contribution < 1.29 is 9.53 Å². The van der Waals surface area contributed by atoms with Gasteiger partial charge in [-0.3, -0.25) is 4.79 Å². The van der Waals surface area contributed by atoms with Gasteiger partial charge in [-0.05, 0) is 29.8 Å². The number of amides is 1. The van der Waals surface area contributed by atoms with Crippen molar-refractivity contribution >= 4 is 33.2 Å². The summed E-state index contributed by atoms with van der Waals surface area (Å²) >= 11 is 3.49. The highest BCUT2D eigenvalue weighted by molar-refractivity contribution is 9.10. The van der Waals surface area contributed by atoms with E-state index in [0.717, 1.165) is 38.3 Å². The fourth-order valence-corrected chi connectivity index (χ4v) is 4.72. The number of rotatable bonds is 1. The summed E-state index contributed by atoms with van der Waals surface area (Å²) in [7, 11) is 0. The van der Waals surface area contributed by atoms with Crippen LogP contribution in [0.4, 0.5) is 5.69 Å². The first-order chi connectivity index (χ1) is 14.2. The molecule has 0 saturated heterocycles. The zero-order chi connectivity index (χ0) is 19.6. The fourth-order valence-electron chi connectivity index (χ4n) is 4.46. The second-order valence-corrected chi connectivity index (χ2v) is 8.32. The van der Waals surface area contributed by atoms with Crippen molar-refractivity contribution in [1.29, 1.82) is 0 Å². The van der Waals surface area contributed by atoms with Gasteiger partial charge < -0.3 is 10.1 Å². The van der Waals surface area contributed by atoms with Gasteiger partial charge >= 0.3 is 5.72 Å². The van der Waals surface area contributed by atoms with E-state index in [2.05, 4.69) is 27.3 Å². The number of carbonyl (C=O) groups excluding carboxylic acids is 1. The summed E-state index contributed by atoms with van der Waals surface area (Å²) in [6, 6.07) is 23.6. The van der Waals surface area contributed by atoms with Crippen LogP contribution in [0.15, 0.2) is 82.4 Å². The number of hydrogen-bond acceptors (Lipinski definition) is 4. The number of ether oxygens (including phenoxy) is 1. The minimum atomic E-state index is -1.30. The van der Waals surface area contributed by atoms with Crippen molar-refractivity contribution in [2.45, 2.75) is 18.2 Å². The highest BCUT2D eigenvalue weighted by Crippen LogP contribution is 2.53. The Morgan fingerprint density at radius 1 is 1.03 bits per heavy atom. The molecule has 0 bridgehead atoms. The third-order valence-electron chi connectivity index (χ3n) is 5.79. The van der Waals surface area contributed by atoms with Gasteiger partial charge in [0.25, 0.3) is 5.91 Å². The molecule has 3 aliphatic rings. The van der Waals surface area contributed by atoms with E-state index in [-0.39, 0.29) is 11.9 Å². The molecule has 0 fully saturated rings. The zero-order valence-electron chi connectivity index (χ0n) is 15.3. The van der Waals surface area contributed by atoms with Crippen LogP contribution in [0, 0.1) is 0 Å². The summed E-state index contributed by atoms with van der Waals surface area (Å²) in [5.41, 5.74) is 3.30. The summed E-state index contributed by atoms with van der Waals surface area (Å²) < 4.78 is 7.46. The number of nitrogens with zero attached hydrogens (tertiary/aromatic N) is 2. The molecule has 3 heterocycles. The highest BCUT2D eigenvalue weighted by Gasteiger charge is 2.60. The molecule has 29 heavy (non-hydrogen) atoms. The quantitative estimate of drug-likeness (QED) is 0.585. The zero-order valence-corrected chi connectivity index (χ0v) is 16.9. The maximum absolute atomic E-state index is 13.3. The van der Waals surface area contributed by atoms with Gasteiger partial charge in [-0.25, -0.2) is 5.01 Å². The van der Waals surface area contributed by atoms with E-state index < -0.39 is 5.72 Å². The molecule has 6 rings (SSSR count). The topological polar surface area (TPSA) is 53.9 Å². The smallest absolute Gasteiger partial charge is 0.306 e. The largest absolute Gasteiger partial charge is 0.453 e. The van der Waals surface area contributed by atoms with Gasteiger partial charge in [0.15, 0.2) is 0 Å². The predicted molar refractivity (Wildman–Crippen MR) is 114 cm³/mol. The van der Waals surface area contributed by atoms with Crippen LogP contribution in [-0.4, -0.2) is 16.6 Å². The number of carbonyl (C=O) groups is 1. The minimum absolute atomic E-state index is 0.0736. The molecule has 1 spiro atoms. The van der Waals surface area contributed by atoms with E-state index in [1.165, 1.54) is 0 Å². The van der Waals surface area contributed by atoms with Gasteiger partial charge in [0.2, 0.25) is 0 Å². The van der Waals surface area contributed by atoms with Crippen molar-refractivity contribution in [2.75, 3.05) is 5.32 Å². The standard InChI is InChI=1S/C23H16BrN3O2/c24-15-11-9-14(10-12-15)19-13-20-16-5-1-4-8-21(16)29-23(27(20)26-19)17-6-2-3-7-18(17)25-22(23)28/h1-12,20H,13H2,(H,25,28)/t20-,23+/m0/s1. The Hall–Kier alpha value is -3.12. The minimum Gasteiger partial charge on any atom is -0.453 e. The Labute approximate surface area is 176 Å². The molecule has 1 amide bonds. The van der Waals surface area contributed by atoms with Crippen LogP contribution in [0.2, 0.25) is 0 Å². The molecular formula is C23H16BrN3O2. The molecule has 3 aliphatic heterocycles. The molecule has 5 nitrogen and oxygen atoms in total. The van der Waals surface area contributed by atoms with Gasteiger partial charge in [-0.1, -0.05) is 64.5 Å². The number of benzene rings is 3. The lowest BCUT2D eigenvalue weighted by molar-refractivity contribution is -0.161. The number of halogens is 1. The van der Waals surface area contributed by atoms with Crippen molar-refractivity contribution in [3.8, 4) is 5.75 Å². The Morgan fingerprint density at radius 2 is 1.79 bits per heavy atom. The number of para-hydroxylation sites is 2. The van der Waals surface area contributed by atoms with Gasteiger partial charge in [0.05, 0.1) is 23.0 Å². The number of hydrazone groups is 1. The van der Waals surface area contributed by atoms with Gasteiger partial charge in [-0.2, -0.15) is 5.10 Å². The number of nitrogens with one attached hydrogen (secondary N) is 1. The van der Waals surface area contributed by atoms with Crippen molar-refractivity contribution in [3.63, 3.8) is 0 Å². The Morgan fingerprint density at radius 3 is 2.66 bits per heavy atom. The summed E-state index contributed by atoms with van der Waals surface area (Å²) in [5, 5.41) is 9.78. The Kier molecular flexibility index (Phi) is 3.44. The summed E-state index contributed by atoms with van der Waals surface area (Å²) in [6.07, 6.45) is 0.708. The van der Waals surface area contributed by atoms with Crippen molar-refractivity contribution in [2.24, 2.45) is 5.10 Å². The van der Waals surface area contributed by atoms with Crippen LogP contribution < -0.4 is 10.1 Å². The maximum Gasteiger partial charge on any atom is 0.306 e. The SMILES string of the molecule is O=C1Nc2ccccc2[C@@]12Oc1ccccc1[C@@H]1CC(c3ccc(Br)cc3)=NN12. The molecular weight excluding hydrogens is 430 g/mol. The van der Waals surface area contributed by atoms with Crippen LogP contribution >= 0.6 is 15.9 Å². The predicted octanol–water partition coefficient (Wildman–Crippen LogP) is 4.80. The van der Waals surface area contributed by atoms with Crippen LogP contribution in [0.25, 0.3) is 0 Å². The van der Waals surface area contributed by atoms with E-state index in [1.807, 2.05) is 71.7 Å². The molecule has 6 heteroatoms.